The molecule has 2 heterocycles. The Morgan fingerprint density at radius 2 is 2.26 bits per heavy atom. The van der Waals surface area contributed by atoms with Crippen LogP contribution < -0.4 is 4.90 Å². The van der Waals surface area contributed by atoms with E-state index in [1.165, 1.54) is 0 Å². The summed E-state index contributed by atoms with van der Waals surface area (Å²) >= 11 is 0. The molecule has 0 radical (unpaired) electrons. The lowest BCUT2D eigenvalue weighted by atomic mass is 10.1. The molecule has 0 spiro atoms. The van der Waals surface area contributed by atoms with Gasteiger partial charge in [0.2, 0.25) is 5.91 Å². The van der Waals surface area contributed by atoms with Crippen molar-refractivity contribution >= 4 is 17.7 Å². The number of benzene rings is 1. The third kappa shape index (κ3) is 2.71. The number of hydrogen-bond donors (Lipinski definition) is 0. The summed E-state index contributed by atoms with van der Waals surface area (Å²) in [4.78, 5) is 14.4. The Bertz CT molecular complexity index is 489. The molecular formula is C16H19NO2. The SMILES string of the molecule is O=C(C[C@@H]1CCCO1)N1CCC=Cc2ccccc21. The molecule has 3 nitrogen and oxygen atoms in total. The zero-order valence-corrected chi connectivity index (χ0v) is 11.0. The van der Waals surface area contributed by atoms with Crippen molar-refractivity contribution in [2.24, 2.45) is 0 Å². The smallest absolute Gasteiger partial charge is 0.229 e. The highest BCUT2D eigenvalue weighted by Crippen LogP contribution is 2.27. The number of nitrogens with zero attached hydrogens (tertiary/aromatic N) is 1. The maximum absolute atomic E-state index is 12.5. The lowest BCUT2D eigenvalue weighted by Crippen LogP contribution is -2.34. The highest BCUT2D eigenvalue weighted by atomic mass is 16.5. The quantitative estimate of drug-likeness (QED) is 0.815. The third-order valence-electron chi connectivity index (χ3n) is 3.77. The summed E-state index contributed by atoms with van der Waals surface area (Å²) in [6.45, 7) is 1.56. The zero-order chi connectivity index (χ0) is 13.1. The first-order valence-corrected chi connectivity index (χ1v) is 7.02. The first-order valence-electron chi connectivity index (χ1n) is 7.02. The summed E-state index contributed by atoms with van der Waals surface area (Å²) in [6, 6.07) is 8.09. The first-order chi connectivity index (χ1) is 9.34. The van der Waals surface area contributed by atoms with Crippen LogP contribution in [-0.2, 0) is 9.53 Å². The van der Waals surface area contributed by atoms with Crippen LogP contribution in [0.25, 0.3) is 6.08 Å². The summed E-state index contributed by atoms with van der Waals surface area (Å²) < 4.78 is 5.57. The molecule has 1 amide bonds. The van der Waals surface area contributed by atoms with Gasteiger partial charge in [-0.05, 0) is 30.9 Å². The van der Waals surface area contributed by atoms with Crippen molar-refractivity contribution in [3.63, 3.8) is 0 Å². The maximum atomic E-state index is 12.5. The van der Waals surface area contributed by atoms with Gasteiger partial charge in [-0.2, -0.15) is 0 Å². The monoisotopic (exact) mass is 257 g/mol. The number of anilines is 1. The van der Waals surface area contributed by atoms with Crippen molar-refractivity contribution in [3.8, 4) is 0 Å². The van der Waals surface area contributed by atoms with Gasteiger partial charge in [0.1, 0.15) is 0 Å². The lowest BCUT2D eigenvalue weighted by molar-refractivity contribution is -0.120. The van der Waals surface area contributed by atoms with Crippen LogP contribution in [0.2, 0.25) is 0 Å². The van der Waals surface area contributed by atoms with Crippen LogP contribution in [0.15, 0.2) is 30.3 Å². The Labute approximate surface area is 113 Å². The minimum Gasteiger partial charge on any atom is -0.378 e. The fraction of sp³-hybridized carbons (Fsp3) is 0.438. The molecule has 1 atom stereocenters. The fourth-order valence-electron chi connectivity index (χ4n) is 2.78. The molecule has 0 bridgehead atoms. The summed E-state index contributed by atoms with van der Waals surface area (Å²) in [7, 11) is 0. The fourth-order valence-corrected chi connectivity index (χ4v) is 2.78. The van der Waals surface area contributed by atoms with Crippen molar-refractivity contribution in [2.45, 2.75) is 31.8 Å². The molecule has 1 saturated heterocycles. The van der Waals surface area contributed by atoms with Crippen LogP contribution in [0.4, 0.5) is 5.69 Å². The second kappa shape index (κ2) is 5.57. The Morgan fingerprint density at radius 1 is 1.37 bits per heavy atom. The molecule has 100 valence electrons. The number of rotatable bonds is 2. The third-order valence-corrected chi connectivity index (χ3v) is 3.77. The number of fused-ring (bicyclic) bond motifs is 1. The van der Waals surface area contributed by atoms with E-state index in [1.54, 1.807) is 0 Å². The molecule has 19 heavy (non-hydrogen) atoms. The van der Waals surface area contributed by atoms with E-state index in [2.05, 4.69) is 18.2 Å². The van der Waals surface area contributed by atoms with Crippen molar-refractivity contribution in [1.82, 2.24) is 0 Å². The standard InChI is InChI=1S/C16H19NO2/c18-16(12-14-8-5-11-19-14)17-10-4-3-7-13-6-1-2-9-15(13)17/h1-3,6-7,9,14H,4-5,8,10-12H2/t14-/m0/s1. The van der Waals surface area contributed by atoms with E-state index in [-0.39, 0.29) is 12.0 Å². The lowest BCUT2D eigenvalue weighted by Gasteiger charge is -2.24. The molecule has 0 aromatic heterocycles. The van der Waals surface area contributed by atoms with E-state index >= 15 is 0 Å². The van der Waals surface area contributed by atoms with Gasteiger partial charge in [-0.25, -0.2) is 0 Å². The van der Waals surface area contributed by atoms with Crippen LogP contribution in [0.1, 0.15) is 31.2 Å². The average Bonchev–Trinajstić information content (AvgIpc) is 2.83. The first kappa shape index (κ1) is 12.4. The van der Waals surface area contributed by atoms with Gasteiger partial charge < -0.3 is 9.64 Å². The minimum atomic E-state index is 0.121. The molecule has 0 saturated carbocycles. The van der Waals surface area contributed by atoms with Gasteiger partial charge in [0.25, 0.3) is 0 Å². The number of carbonyl (C=O) groups excluding carboxylic acids is 1. The van der Waals surface area contributed by atoms with Crippen molar-refractivity contribution in [2.75, 3.05) is 18.1 Å². The highest BCUT2D eigenvalue weighted by Gasteiger charge is 2.24. The number of carbonyl (C=O) groups is 1. The molecule has 1 fully saturated rings. The molecule has 1 aromatic carbocycles. The highest BCUT2D eigenvalue weighted by molar-refractivity contribution is 5.96. The van der Waals surface area contributed by atoms with Crippen LogP contribution >= 0.6 is 0 Å². The Hall–Kier alpha value is -1.61. The van der Waals surface area contributed by atoms with E-state index < -0.39 is 0 Å². The van der Waals surface area contributed by atoms with Crippen molar-refractivity contribution in [3.05, 3.63) is 35.9 Å². The van der Waals surface area contributed by atoms with Crippen LogP contribution in [0, 0.1) is 0 Å². The van der Waals surface area contributed by atoms with Gasteiger partial charge in [0, 0.05) is 13.2 Å². The number of amides is 1. The number of hydrogen-bond acceptors (Lipinski definition) is 2. The Balaban J connectivity index is 1.78. The van der Waals surface area contributed by atoms with Gasteiger partial charge in [0.15, 0.2) is 0 Å². The number of ether oxygens (including phenoxy) is 1. The van der Waals surface area contributed by atoms with E-state index in [9.17, 15) is 4.79 Å². The molecule has 3 rings (SSSR count). The normalized spacial score (nSPS) is 22.1. The maximum Gasteiger partial charge on any atom is 0.229 e. The predicted molar refractivity (Wildman–Crippen MR) is 76.0 cm³/mol. The second-order valence-corrected chi connectivity index (χ2v) is 5.13. The summed E-state index contributed by atoms with van der Waals surface area (Å²) in [5.74, 6) is 0.183. The molecule has 2 aliphatic rings. The number of para-hydroxylation sites is 1. The molecule has 3 heteroatoms. The van der Waals surface area contributed by atoms with E-state index in [1.807, 2.05) is 23.1 Å². The Kier molecular flexibility index (Phi) is 3.65. The predicted octanol–water partition coefficient (Wildman–Crippen LogP) is 3.01. The van der Waals surface area contributed by atoms with Crippen LogP contribution in [-0.4, -0.2) is 25.2 Å². The van der Waals surface area contributed by atoms with Gasteiger partial charge >= 0.3 is 0 Å². The largest absolute Gasteiger partial charge is 0.378 e. The molecule has 0 unspecified atom stereocenters. The second-order valence-electron chi connectivity index (χ2n) is 5.13. The molecule has 2 aliphatic heterocycles. The summed E-state index contributed by atoms with van der Waals surface area (Å²) in [5, 5.41) is 0. The topological polar surface area (TPSA) is 29.5 Å². The van der Waals surface area contributed by atoms with Gasteiger partial charge in [-0.1, -0.05) is 30.4 Å². The molecule has 0 N–H and O–H groups in total. The minimum absolute atomic E-state index is 0.121. The van der Waals surface area contributed by atoms with Crippen LogP contribution in [0.5, 0.6) is 0 Å². The van der Waals surface area contributed by atoms with E-state index in [4.69, 9.17) is 4.74 Å². The van der Waals surface area contributed by atoms with Gasteiger partial charge in [0.05, 0.1) is 18.2 Å². The summed E-state index contributed by atoms with van der Waals surface area (Å²) in [6.07, 6.45) is 7.87. The summed E-state index contributed by atoms with van der Waals surface area (Å²) in [5.41, 5.74) is 2.15. The van der Waals surface area contributed by atoms with Gasteiger partial charge in [-0.15, -0.1) is 0 Å². The van der Waals surface area contributed by atoms with Crippen LogP contribution in [0.3, 0.4) is 0 Å². The molecule has 1 aromatic rings. The molecular weight excluding hydrogens is 238 g/mol. The van der Waals surface area contributed by atoms with E-state index in [0.717, 1.165) is 43.7 Å². The van der Waals surface area contributed by atoms with Gasteiger partial charge in [-0.3, -0.25) is 4.79 Å². The van der Waals surface area contributed by atoms with Crippen molar-refractivity contribution in [1.29, 1.82) is 0 Å². The zero-order valence-electron chi connectivity index (χ0n) is 11.0. The van der Waals surface area contributed by atoms with E-state index in [0.29, 0.717) is 6.42 Å². The Morgan fingerprint density at radius 3 is 3.11 bits per heavy atom. The average molecular weight is 257 g/mol. The van der Waals surface area contributed by atoms with Crippen molar-refractivity contribution < 1.29 is 9.53 Å². The molecule has 0 aliphatic carbocycles.